The van der Waals surface area contributed by atoms with Gasteiger partial charge in [0.2, 0.25) is 29.1 Å². The molecule has 0 aliphatic heterocycles. The standard InChI is InChI=1S/C20H13F5N2O6S/c1-6-9(20(30)31-2)19(34-16(6)17(26)28)27-18(29)8-4-3-7(33-8)5-32-15-13(24)11(22)10(21)12(23)14(15)25/h3-4H,5H2,1-2H3,(H2,26,28)(H,27,29). The first-order valence-electron chi connectivity index (χ1n) is 9.03. The van der Waals surface area contributed by atoms with Crippen molar-refractivity contribution in [1.29, 1.82) is 0 Å². The van der Waals surface area contributed by atoms with E-state index in [4.69, 9.17) is 10.2 Å². The van der Waals surface area contributed by atoms with Crippen molar-refractivity contribution in [1.82, 2.24) is 0 Å². The van der Waals surface area contributed by atoms with E-state index in [0.717, 1.165) is 30.6 Å². The van der Waals surface area contributed by atoms with Crippen LogP contribution < -0.4 is 15.8 Å². The van der Waals surface area contributed by atoms with Crippen LogP contribution >= 0.6 is 11.3 Å². The van der Waals surface area contributed by atoms with E-state index in [0.29, 0.717) is 0 Å². The summed E-state index contributed by atoms with van der Waals surface area (Å²) in [6.45, 7) is 0.642. The minimum Gasteiger partial charge on any atom is -0.479 e. The number of amides is 2. The largest absolute Gasteiger partial charge is 0.479 e. The molecule has 0 bridgehead atoms. The molecule has 0 aliphatic carbocycles. The number of furan rings is 1. The third-order valence-corrected chi connectivity index (χ3v) is 5.62. The number of hydrogen-bond acceptors (Lipinski definition) is 7. The molecule has 2 amide bonds. The number of carbonyl (C=O) groups is 3. The van der Waals surface area contributed by atoms with E-state index in [1.807, 2.05) is 0 Å². The van der Waals surface area contributed by atoms with Crippen molar-refractivity contribution in [3.63, 3.8) is 0 Å². The molecule has 3 N–H and O–H groups in total. The molecule has 0 aliphatic rings. The molecule has 0 unspecified atom stereocenters. The maximum absolute atomic E-state index is 13.7. The summed E-state index contributed by atoms with van der Waals surface area (Å²) >= 11 is 0.724. The van der Waals surface area contributed by atoms with Crippen molar-refractivity contribution in [2.75, 3.05) is 12.4 Å². The number of halogens is 5. The van der Waals surface area contributed by atoms with Gasteiger partial charge in [-0.2, -0.15) is 8.78 Å². The molecule has 0 fully saturated rings. The molecule has 0 spiro atoms. The molecule has 14 heteroatoms. The number of carbonyl (C=O) groups excluding carboxylic acids is 3. The second-order valence-electron chi connectivity index (χ2n) is 6.52. The lowest BCUT2D eigenvalue weighted by Gasteiger charge is -2.09. The van der Waals surface area contributed by atoms with Crippen LogP contribution in [0, 0.1) is 36.0 Å². The predicted octanol–water partition coefficient (Wildman–Crippen LogP) is 4.06. The molecule has 8 nitrogen and oxygen atoms in total. The van der Waals surface area contributed by atoms with Crippen LogP contribution in [0.15, 0.2) is 16.5 Å². The van der Waals surface area contributed by atoms with Crippen LogP contribution in [0.5, 0.6) is 5.75 Å². The number of nitrogens with one attached hydrogen (secondary N) is 1. The average molecular weight is 504 g/mol. The van der Waals surface area contributed by atoms with E-state index in [2.05, 4.69) is 14.8 Å². The first kappa shape index (κ1) is 24.7. The third-order valence-electron chi connectivity index (χ3n) is 4.40. The first-order valence-corrected chi connectivity index (χ1v) is 9.85. The highest BCUT2D eigenvalue weighted by atomic mass is 32.1. The van der Waals surface area contributed by atoms with Gasteiger partial charge in [-0.25, -0.2) is 18.0 Å². The number of thiophene rings is 1. The zero-order valence-electron chi connectivity index (χ0n) is 17.2. The summed E-state index contributed by atoms with van der Waals surface area (Å²) in [5.41, 5.74) is 5.36. The summed E-state index contributed by atoms with van der Waals surface area (Å²) < 4.78 is 81.5. The van der Waals surface area contributed by atoms with Crippen molar-refractivity contribution in [2.24, 2.45) is 5.73 Å². The fourth-order valence-electron chi connectivity index (χ4n) is 2.78. The Morgan fingerprint density at radius 3 is 2.18 bits per heavy atom. The average Bonchev–Trinajstić information content (AvgIpc) is 3.40. The summed E-state index contributed by atoms with van der Waals surface area (Å²) in [7, 11) is 1.10. The van der Waals surface area contributed by atoms with Gasteiger partial charge in [-0.05, 0) is 24.6 Å². The topological polar surface area (TPSA) is 121 Å². The Kier molecular flexibility index (Phi) is 6.91. The van der Waals surface area contributed by atoms with E-state index in [1.54, 1.807) is 0 Å². The molecule has 1 aromatic carbocycles. The van der Waals surface area contributed by atoms with Crippen LogP contribution in [0.25, 0.3) is 0 Å². The van der Waals surface area contributed by atoms with Gasteiger partial charge in [-0.3, -0.25) is 9.59 Å². The molecule has 0 saturated carbocycles. The molecule has 2 aromatic heterocycles. The van der Waals surface area contributed by atoms with E-state index in [-0.39, 0.29) is 32.5 Å². The van der Waals surface area contributed by atoms with Gasteiger partial charge in [-0.1, -0.05) is 0 Å². The zero-order valence-corrected chi connectivity index (χ0v) is 18.0. The molecule has 3 aromatic rings. The number of methoxy groups -OCH3 is 1. The molecule has 2 heterocycles. The second kappa shape index (κ2) is 9.51. The number of anilines is 1. The van der Waals surface area contributed by atoms with Crippen LogP contribution in [0.1, 0.15) is 41.9 Å². The van der Waals surface area contributed by atoms with E-state index < -0.39 is 59.2 Å². The fraction of sp³-hybridized carbons (Fsp3) is 0.150. The molecule has 3 rings (SSSR count). The summed E-state index contributed by atoms with van der Waals surface area (Å²) in [5.74, 6) is -15.7. The molecule has 0 saturated heterocycles. The number of nitrogens with two attached hydrogens (primary N) is 1. The number of hydrogen-bond donors (Lipinski definition) is 2. The fourth-order valence-corrected chi connectivity index (χ4v) is 3.82. The third kappa shape index (κ3) is 4.44. The number of ether oxygens (including phenoxy) is 2. The van der Waals surface area contributed by atoms with Gasteiger partial charge < -0.3 is 24.9 Å². The predicted molar refractivity (Wildman–Crippen MR) is 106 cm³/mol. The number of benzene rings is 1. The molecular formula is C20H13F5N2O6S. The zero-order chi connectivity index (χ0) is 25.3. The van der Waals surface area contributed by atoms with Gasteiger partial charge in [0.25, 0.3) is 11.8 Å². The Labute approximate surface area is 191 Å². The van der Waals surface area contributed by atoms with Crippen LogP contribution in [-0.2, 0) is 11.3 Å². The highest BCUT2D eigenvalue weighted by molar-refractivity contribution is 7.18. The summed E-state index contributed by atoms with van der Waals surface area (Å²) in [6, 6.07) is 2.27. The van der Waals surface area contributed by atoms with Crippen LogP contribution in [-0.4, -0.2) is 24.9 Å². The minimum absolute atomic E-state index is 0.00653. The molecule has 34 heavy (non-hydrogen) atoms. The summed E-state index contributed by atoms with van der Waals surface area (Å²) in [6.07, 6.45) is 0. The van der Waals surface area contributed by atoms with Crippen LogP contribution in [0.2, 0.25) is 0 Å². The van der Waals surface area contributed by atoms with E-state index in [1.165, 1.54) is 6.92 Å². The van der Waals surface area contributed by atoms with Crippen molar-refractivity contribution in [2.45, 2.75) is 13.5 Å². The second-order valence-corrected chi connectivity index (χ2v) is 7.54. The van der Waals surface area contributed by atoms with Crippen LogP contribution in [0.4, 0.5) is 27.0 Å². The maximum atomic E-state index is 13.7. The molecule has 0 radical (unpaired) electrons. The van der Waals surface area contributed by atoms with E-state index in [9.17, 15) is 36.3 Å². The monoisotopic (exact) mass is 504 g/mol. The number of esters is 1. The lowest BCUT2D eigenvalue weighted by atomic mass is 10.1. The number of rotatable bonds is 7. The van der Waals surface area contributed by atoms with E-state index >= 15 is 0 Å². The SMILES string of the molecule is COC(=O)c1c(NC(=O)c2ccc(COc3c(F)c(F)c(F)c(F)c3F)o2)sc(C(N)=O)c1C. The maximum Gasteiger partial charge on any atom is 0.341 e. The minimum atomic E-state index is -2.34. The van der Waals surface area contributed by atoms with Gasteiger partial charge in [-0.15, -0.1) is 11.3 Å². The lowest BCUT2D eigenvalue weighted by molar-refractivity contribution is 0.0601. The van der Waals surface area contributed by atoms with Gasteiger partial charge in [0, 0.05) is 0 Å². The highest BCUT2D eigenvalue weighted by Crippen LogP contribution is 2.34. The van der Waals surface area contributed by atoms with Crippen LogP contribution in [0.3, 0.4) is 0 Å². The van der Waals surface area contributed by atoms with Gasteiger partial charge in [0.15, 0.2) is 11.5 Å². The van der Waals surface area contributed by atoms with Gasteiger partial charge >= 0.3 is 5.97 Å². The summed E-state index contributed by atoms with van der Waals surface area (Å²) in [4.78, 5) is 36.2. The molecule has 180 valence electrons. The lowest BCUT2D eigenvalue weighted by Crippen LogP contribution is -2.14. The van der Waals surface area contributed by atoms with Crippen molar-refractivity contribution in [3.8, 4) is 5.75 Å². The van der Waals surface area contributed by atoms with Gasteiger partial charge in [0.05, 0.1) is 17.6 Å². The van der Waals surface area contributed by atoms with Gasteiger partial charge in [0.1, 0.15) is 17.4 Å². The van der Waals surface area contributed by atoms with Crippen molar-refractivity contribution in [3.05, 3.63) is 68.7 Å². The first-order chi connectivity index (χ1) is 16.0. The normalized spacial score (nSPS) is 10.8. The van der Waals surface area contributed by atoms with Crippen molar-refractivity contribution < 1.29 is 50.2 Å². The Hall–Kier alpha value is -3.94. The molecular weight excluding hydrogens is 491 g/mol. The molecule has 0 atom stereocenters. The quantitative estimate of drug-likeness (QED) is 0.217. The smallest absolute Gasteiger partial charge is 0.341 e. The Balaban J connectivity index is 1.80. The highest BCUT2D eigenvalue weighted by Gasteiger charge is 2.28. The Morgan fingerprint density at radius 1 is 1.03 bits per heavy atom. The Bertz CT molecular complexity index is 1290. The number of primary amides is 1. The Morgan fingerprint density at radius 2 is 1.62 bits per heavy atom. The van der Waals surface area contributed by atoms with Crippen molar-refractivity contribution >= 4 is 34.1 Å². The summed E-state index contributed by atoms with van der Waals surface area (Å²) in [5, 5.41) is 2.30.